The minimum atomic E-state index is 0.00867. The van der Waals surface area contributed by atoms with Crippen LogP contribution in [-0.4, -0.2) is 26.1 Å². The maximum atomic E-state index is 11.3. The molecule has 1 unspecified atom stereocenters. The van der Waals surface area contributed by atoms with Crippen molar-refractivity contribution in [2.45, 2.75) is 25.8 Å². The molecule has 0 aromatic heterocycles. The highest BCUT2D eigenvalue weighted by Gasteiger charge is 2.20. The van der Waals surface area contributed by atoms with Crippen molar-refractivity contribution in [1.82, 2.24) is 10.6 Å². The predicted molar refractivity (Wildman–Crippen MR) is 70.7 cm³/mol. The van der Waals surface area contributed by atoms with Gasteiger partial charge in [-0.05, 0) is 25.3 Å². The highest BCUT2D eigenvalue weighted by molar-refractivity contribution is 5.77. The molecule has 1 heterocycles. The van der Waals surface area contributed by atoms with Crippen LogP contribution in [0.3, 0.4) is 0 Å². The zero-order valence-electron chi connectivity index (χ0n) is 11.0. The monoisotopic (exact) mass is 248 g/mol. The van der Waals surface area contributed by atoms with Crippen LogP contribution in [0.2, 0.25) is 0 Å². The van der Waals surface area contributed by atoms with Gasteiger partial charge < -0.3 is 15.4 Å². The molecule has 0 saturated heterocycles. The first kappa shape index (κ1) is 12.9. The van der Waals surface area contributed by atoms with Crippen LogP contribution in [0, 0.1) is 6.92 Å². The normalized spacial score (nSPS) is 18.4. The number of ether oxygens (including phenoxy) is 1. The van der Waals surface area contributed by atoms with E-state index in [1.807, 2.05) is 6.07 Å². The Kier molecular flexibility index (Phi) is 4.20. The summed E-state index contributed by atoms with van der Waals surface area (Å²) in [6.45, 7) is 3.14. The molecule has 0 radical (unpaired) electrons. The van der Waals surface area contributed by atoms with Gasteiger partial charge in [-0.1, -0.05) is 18.2 Å². The van der Waals surface area contributed by atoms with E-state index in [0.717, 1.165) is 36.3 Å². The number of likely N-dealkylation sites (N-methyl/N-ethyl adjacent to an activating group) is 1. The van der Waals surface area contributed by atoms with Gasteiger partial charge in [-0.25, -0.2) is 0 Å². The Morgan fingerprint density at radius 1 is 1.50 bits per heavy atom. The lowest BCUT2D eigenvalue weighted by Crippen LogP contribution is -2.33. The molecule has 0 bridgehead atoms. The topological polar surface area (TPSA) is 50.4 Å². The molecule has 1 aromatic rings. The third kappa shape index (κ3) is 2.82. The van der Waals surface area contributed by atoms with Crippen LogP contribution >= 0.6 is 0 Å². The van der Waals surface area contributed by atoms with Crippen molar-refractivity contribution in [2.75, 3.05) is 20.2 Å². The maximum Gasteiger partial charge on any atom is 0.233 e. The molecular weight excluding hydrogens is 228 g/mol. The van der Waals surface area contributed by atoms with E-state index < -0.39 is 0 Å². The van der Waals surface area contributed by atoms with Crippen molar-refractivity contribution in [3.05, 3.63) is 29.3 Å². The van der Waals surface area contributed by atoms with Crippen LogP contribution in [0.1, 0.15) is 30.0 Å². The average Bonchev–Trinajstić information content (AvgIpc) is 2.59. The summed E-state index contributed by atoms with van der Waals surface area (Å²) in [5.41, 5.74) is 2.32. The maximum absolute atomic E-state index is 11.3. The van der Waals surface area contributed by atoms with Gasteiger partial charge in [0.2, 0.25) is 5.91 Å². The fraction of sp³-hybridized carbons (Fsp3) is 0.500. The van der Waals surface area contributed by atoms with Crippen molar-refractivity contribution >= 4 is 5.91 Å². The third-order valence-corrected chi connectivity index (χ3v) is 3.29. The van der Waals surface area contributed by atoms with Gasteiger partial charge in [0.1, 0.15) is 5.75 Å². The largest absolute Gasteiger partial charge is 0.493 e. The highest BCUT2D eigenvalue weighted by Crippen LogP contribution is 2.33. The summed E-state index contributed by atoms with van der Waals surface area (Å²) in [5, 5.41) is 5.93. The van der Waals surface area contributed by atoms with Gasteiger partial charge in [0.05, 0.1) is 13.2 Å². The minimum Gasteiger partial charge on any atom is -0.493 e. The Labute approximate surface area is 108 Å². The first-order valence-electron chi connectivity index (χ1n) is 6.38. The van der Waals surface area contributed by atoms with Crippen LogP contribution in [-0.2, 0) is 4.79 Å². The zero-order chi connectivity index (χ0) is 13.0. The summed E-state index contributed by atoms with van der Waals surface area (Å²) in [4.78, 5) is 11.3. The molecule has 4 heteroatoms. The van der Waals surface area contributed by atoms with Gasteiger partial charge in [0, 0.05) is 18.7 Å². The first-order valence-corrected chi connectivity index (χ1v) is 6.38. The molecule has 1 amide bonds. The first-order chi connectivity index (χ1) is 8.72. The molecule has 1 aliphatic rings. The van der Waals surface area contributed by atoms with Gasteiger partial charge >= 0.3 is 0 Å². The second kappa shape index (κ2) is 5.87. The quantitative estimate of drug-likeness (QED) is 0.853. The van der Waals surface area contributed by atoms with Crippen LogP contribution in [0.15, 0.2) is 18.2 Å². The Morgan fingerprint density at radius 3 is 3.11 bits per heavy atom. The van der Waals surface area contributed by atoms with Crippen molar-refractivity contribution in [3.8, 4) is 5.75 Å². The Hall–Kier alpha value is -1.55. The van der Waals surface area contributed by atoms with Crippen molar-refractivity contribution in [3.63, 3.8) is 0 Å². The van der Waals surface area contributed by atoms with Gasteiger partial charge in [0.25, 0.3) is 0 Å². The number of benzene rings is 1. The lowest BCUT2D eigenvalue weighted by atomic mass is 10.00. The predicted octanol–water partition coefficient (Wildman–Crippen LogP) is 1.54. The summed E-state index contributed by atoms with van der Waals surface area (Å²) in [6, 6.07) is 6.37. The fourth-order valence-electron chi connectivity index (χ4n) is 2.28. The summed E-state index contributed by atoms with van der Waals surface area (Å²) >= 11 is 0. The minimum absolute atomic E-state index is 0.00867. The Bertz CT molecular complexity index is 432. The molecule has 0 saturated carbocycles. The van der Waals surface area contributed by atoms with Crippen LogP contribution in [0.5, 0.6) is 5.75 Å². The Balaban J connectivity index is 2.17. The molecule has 0 spiro atoms. The standard InChI is InChI=1S/C14H20N2O2/c1-10-5-3-6-11-12(16-9-13(17)15-2)7-4-8-18-14(10)11/h3,5-6,12,16H,4,7-9H2,1-2H3,(H,15,17). The smallest absolute Gasteiger partial charge is 0.233 e. The van der Waals surface area contributed by atoms with E-state index in [1.54, 1.807) is 7.05 Å². The van der Waals surface area contributed by atoms with Crippen LogP contribution < -0.4 is 15.4 Å². The molecule has 1 atom stereocenters. The van der Waals surface area contributed by atoms with E-state index in [4.69, 9.17) is 4.74 Å². The van der Waals surface area contributed by atoms with E-state index >= 15 is 0 Å². The average molecular weight is 248 g/mol. The number of hydrogen-bond donors (Lipinski definition) is 2. The van der Waals surface area contributed by atoms with Crippen molar-refractivity contribution in [2.24, 2.45) is 0 Å². The molecule has 0 aliphatic carbocycles. The molecule has 2 N–H and O–H groups in total. The van der Waals surface area contributed by atoms with Crippen molar-refractivity contribution in [1.29, 1.82) is 0 Å². The molecule has 1 aromatic carbocycles. The molecule has 4 nitrogen and oxygen atoms in total. The van der Waals surface area contributed by atoms with Gasteiger partial charge in [-0.3, -0.25) is 4.79 Å². The van der Waals surface area contributed by atoms with E-state index in [9.17, 15) is 4.79 Å². The number of nitrogens with one attached hydrogen (secondary N) is 2. The number of carbonyl (C=O) groups excluding carboxylic acids is 1. The number of para-hydroxylation sites is 1. The zero-order valence-corrected chi connectivity index (χ0v) is 11.0. The van der Waals surface area contributed by atoms with E-state index in [-0.39, 0.29) is 11.9 Å². The number of rotatable bonds is 3. The molecule has 2 rings (SSSR count). The number of carbonyl (C=O) groups is 1. The molecular formula is C14H20N2O2. The van der Waals surface area contributed by atoms with Crippen LogP contribution in [0.4, 0.5) is 0 Å². The lowest BCUT2D eigenvalue weighted by Gasteiger charge is -2.18. The van der Waals surface area contributed by atoms with Gasteiger partial charge in [-0.15, -0.1) is 0 Å². The number of hydrogen-bond acceptors (Lipinski definition) is 3. The van der Waals surface area contributed by atoms with Gasteiger partial charge in [-0.2, -0.15) is 0 Å². The molecule has 18 heavy (non-hydrogen) atoms. The van der Waals surface area contributed by atoms with E-state index in [0.29, 0.717) is 6.54 Å². The van der Waals surface area contributed by atoms with E-state index in [1.165, 1.54) is 0 Å². The summed E-state index contributed by atoms with van der Waals surface area (Å²) in [7, 11) is 1.65. The van der Waals surface area contributed by atoms with Gasteiger partial charge in [0.15, 0.2) is 0 Å². The number of amides is 1. The second-order valence-electron chi connectivity index (χ2n) is 4.59. The fourth-order valence-corrected chi connectivity index (χ4v) is 2.28. The number of aryl methyl sites for hydroxylation is 1. The van der Waals surface area contributed by atoms with E-state index in [2.05, 4.69) is 29.7 Å². The van der Waals surface area contributed by atoms with Crippen molar-refractivity contribution < 1.29 is 9.53 Å². The molecule has 0 fully saturated rings. The lowest BCUT2D eigenvalue weighted by molar-refractivity contribution is -0.119. The second-order valence-corrected chi connectivity index (χ2v) is 4.59. The highest BCUT2D eigenvalue weighted by atomic mass is 16.5. The van der Waals surface area contributed by atoms with Crippen LogP contribution in [0.25, 0.3) is 0 Å². The summed E-state index contributed by atoms with van der Waals surface area (Å²) < 4.78 is 5.80. The SMILES string of the molecule is CNC(=O)CNC1CCCOc2c(C)cccc21. The third-order valence-electron chi connectivity index (χ3n) is 3.29. The number of fused-ring (bicyclic) bond motifs is 1. The molecule has 98 valence electrons. The summed E-state index contributed by atoms with van der Waals surface area (Å²) in [6.07, 6.45) is 1.99. The molecule has 1 aliphatic heterocycles. The summed E-state index contributed by atoms with van der Waals surface area (Å²) in [5.74, 6) is 0.985. The Morgan fingerprint density at radius 2 is 2.33 bits per heavy atom.